The third-order valence-electron chi connectivity index (χ3n) is 3.64. The minimum atomic E-state index is -4.29. The standard InChI is InChI=1S/C14H19F3O/c1-10(2)13(3,9-18)8-11-4-6-12(7-5-11)14(15,16)17/h4-7,10,18H,8-9H2,1-3H3. The Morgan fingerprint density at radius 2 is 1.61 bits per heavy atom. The lowest BCUT2D eigenvalue weighted by atomic mass is 9.75. The summed E-state index contributed by atoms with van der Waals surface area (Å²) in [4.78, 5) is 0. The highest BCUT2D eigenvalue weighted by atomic mass is 19.4. The maximum absolute atomic E-state index is 12.4. The molecule has 4 heteroatoms. The summed E-state index contributed by atoms with van der Waals surface area (Å²) in [6.45, 7) is 5.96. The number of benzene rings is 1. The van der Waals surface area contributed by atoms with Gasteiger partial charge in [-0.15, -0.1) is 0 Å². The topological polar surface area (TPSA) is 20.2 Å². The first kappa shape index (κ1) is 15.0. The van der Waals surface area contributed by atoms with E-state index in [-0.39, 0.29) is 17.9 Å². The molecule has 1 unspecified atom stereocenters. The fourth-order valence-corrected chi connectivity index (χ4v) is 1.72. The van der Waals surface area contributed by atoms with Crippen molar-refractivity contribution in [3.8, 4) is 0 Å². The van der Waals surface area contributed by atoms with Gasteiger partial charge in [0.25, 0.3) is 0 Å². The van der Waals surface area contributed by atoms with Crippen molar-refractivity contribution < 1.29 is 18.3 Å². The molecule has 0 amide bonds. The first-order valence-corrected chi connectivity index (χ1v) is 5.96. The summed E-state index contributed by atoms with van der Waals surface area (Å²) in [7, 11) is 0. The molecule has 0 saturated heterocycles. The summed E-state index contributed by atoms with van der Waals surface area (Å²) in [6.07, 6.45) is -3.73. The van der Waals surface area contributed by atoms with Gasteiger partial charge in [0.2, 0.25) is 0 Å². The summed E-state index contributed by atoms with van der Waals surface area (Å²) in [6, 6.07) is 5.15. The van der Waals surface area contributed by atoms with Gasteiger partial charge in [-0.25, -0.2) is 0 Å². The SMILES string of the molecule is CC(C)C(C)(CO)Cc1ccc(C(F)(F)F)cc1. The van der Waals surface area contributed by atoms with Gasteiger partial charge < -0.3 is 5.11 Å². The van der Waals surface area contributed by atoms with Crippen LogP contribution < -0.4 is 0 Å². The van der Waals surface area contributed by atoms with Gasteiger partial charge in [0.05, 0.1) is 5.56 Å². The molecule has 0 aliphatic heterocycles. The predicted octanol–water partition coefficient (Wildman–Crippen LogP) is 3.90. The molecule has 1 aromatic carbocycles. The molecule has 1 N–H and O–H groups in total. The molecule has 0 aromatic heterocycles. The number of aliphatic hydroxyl groups is 1. The molecule has 18 heavy (non-hydrogen) atoms. The van der Waals surface area contributed by atoms with E-state index in [4.69, 9.17) is 0 Å². The number of halogens is 3. The van der Waals surface area contributed by atoms with Crippen molar-refractivity contribution in [3.63, 3.8) is 0 Å². The molecular formula is C14H19F3O. The number of hydrogen-bond acceptors (Lipinski definition) is 1. The first-order chi connectivity index (χ1) is 8.19. The third kappa shape index (κ3) is 3.48. The highest BCUT2D eigenvalue weighted by Gasteiger charge is 2.31. The first-order valence-electron chi connectivity index (χ1n) is 5.96. The van der Waals surface area contributed by atoms with Crippen LogP contribution in [0.4, 0.5) is 13.2 Å². The van der Waals surface area contributed by atoms with Crippen LogP contribution in [0.15, 0.2) is 24.3 Å². The molecule has 1 atom stereocenters. The lowest BCUT2D eigenvalue weighted by Gasteiger charge is -2.32. The van der Waals surface area contributed by atoms with Crippen LogP contribution in [0.3, 0.4) is 0 Å². The molecule has 0 radical (unpaired) electrons. The molecule has 0 heterocycles. The van der Waals surface area contributed by atoms with Crippen LogP contribution in [0.2, 0.25) is 0 Å². The Balaban J connectivity index is 2.87. The van der Waals surface area contributed by atoms with E-state index in [9.17, 15) is 18.3 Å². The highest BCUT2D eigenvalue weighted by Crippen LogP contribution is 2.33. The second-order valence-electron chi connectivity index (χ2n) is 5.34. The number of alkyl halides is 3. The van der Waals surface area contributed by atoms with Crippen LogP contribution in [0.1, 0.15) is 31.9 Å². The van der Waals surface area contributed by atoms with Crippen LogP contribution in [0.25, 0.3) is 0 Å². The average Bonchev–Trinajstić information content (AvgIpc) is 2.28. The van der Waals surface area contributed by atoms with Crippen molar-refractivity contribution in [2.24, 2.45) is 11.3 Å². The molecule has 102 valence electrons. The van der Waals surface area contributed by atoms with Crippen molar-refractivity contribution in [2.45, 2.75) is 33.4 Å². The third-order valence-corrected chi connectivity index (χ3v) is 3.64. The van der Waals surface area contributed by atoms with E-state index in [0.717, 1.165) is 17.7 Å². The van der Waals surface area contributed by atoms with Crippen LogP contribution in [-0.2, 0) is 12.6 Å². The van der Waals surface area contributed by atoms with Gasteiger partial charge in [0.1, 0.15) is 0 Å². The zero-order chi connectivity index (χ0) is 14.0. The molecule has 0 spiro atoms. The summed E-state index contributed by atoms with van der Waals surface area (Å²) >= 11 is 0. The molecule has 0 bridgehead atoms. The van der Waals surface area contributed by atoms with Gasteiger partial charge in [-0.2, -0.15) is 13.2 Å². The van der Waals surface area contributed by atoms with Crippen molar-refractivity contribution in [1.29, 1.82) is 0 Å². The average molecular weight is 260 g/mol. The van der Waals surface area contributed by atoms with Gasteiger partial charge in [-0.05, 0) is 35.4 Å². The van der Waals surface area contributed by atoms with Crippen molar-refractivity contribution in [3.05, 3.63) is 35.4 Å². The molecule has 0 aliphatic carbocycles. The Morgan fingerprint density at radius 3 is 1.94 bits per heavy atom. The summed E-state index contributed by atoms with van der Waals surface area (Å²) in [5.74, 6) is 0.254. The van der Waals surface area contributed by atoms with Crippen molar-refractivity contribution in [1.82, 2.24) is 0 Å². The van der Waals surface area contributed by atoms with Gasteiger partial charge >= 0.3 is 6.18 Å². The number of aliphatic hydroxyl groups excluding tert-OH is 1. The van der Waals surface area contributed by atoms with E-state index in [2.05, 4.69) is 0 Å². The van der Waals surface area contributed by atoms with Crippen molar-refractivity contribution >= 4 is 0 Å². The van der Waals surface area contributed by atoms with Gasteiger partial charge in [0, 0.05) is 6.61 Å². The quantitative estimate of drug-likeness (QED) is 0.870. The zero-order valence-electron chi connectivity index (χ0n) is 10.9. The molecule has 1 nitrogen and oxygen atoms in total. The van der Waals surface area contributed by atoms with E-state index >= 15 is 0 Å². The van der Waals surface area contributed by atoms with E-state index < -0.39 is 11.7 Å². The molecule has 0 aliphatic rings. The lowest BCUT2D eigenvalue weighted by Crippen LogP contribution is -2.30. The Bertz CT molecular complexity index is 381. The van der Waals surface area contributed by atoms with Crippen LogP contribution in [0.5, 0.6) is 0 Å². The van der Waals surface area contributed by atoms with E-state index in [1.54, 1.807) is 0 Å². The minimum Gasteiger partial charge on any atom is -0.396 e. The maximum Gasteiger partial charge on any atom is 0.416 e. The normalized spacial score (nSPS) is 15.8. The summed E-state index contributed by atoms with van der Waals surface area (Å²) in [5.41, 5.74) is -0.130. The van der Waals surface area contributed by atoms with Crippen LogP contribution >= 0.6 is 0 Å². The minimum absolute atomic E-state index is 0.0195. The van der Waals surface area contributed by atoms with Gasteiger partial charge in [0.15, 0.2) is 0 Å². The van der Waals surface area contributed by atoms with Crippen molar-refractivity contribution in [2.75, 3.05) is 6.61 Å². The summed E-state index contributed by atoms with van der Waals surface area (Å²) < 4.78 is 37.2. The number of rotatable bonds is 4. The largest absolute Gasteiger partial charge is 0.416 e. The molecule has 0 saturated carbocycles. The fourth-order valence-electron chi connectivity index (χ4n) is 1.72. The van der Waals surface area contributed by atoms with Gasteiger partial charge in [-0.1, -0.05) is 32.9 Å². The molecule has 1 aromatic rings. The smallest absolute Gasteiger partial charge is 0.396 e. The maximum atomic E-state index is 12.4. The fraction of sp³-hybridized carbons (Fsp3) is 0.571. The highest BCUT2D eigenvalue weighted by molar-refractivity contribution is 5.25. The second kappa shape index (κ2) is 5.31. The Morgan fingerprint density at radius 1 is 1.11 bits per heavy atom. The number of hydrogen-bond donors (Lipinski definition) is 1. The Kier molecular flexibility index (Phi) is 4.43. The van der Waals surface area contributed by atoms with E-state index in [1.807, 2.05) is 20.8 Å². The van der Waals surface area contributed by atoms with Crippen LogP contribution in [-0.4, -0.2) is 11.7 Å². The zero-order valence-corrected chi connectivity index (χ0v) is 10.9. The molecule has 1 rings (SSSR count). The Labute approximate surface area is 106 Å². The van der Waals surface area contributed by atoms with Gasteiger partial charge in [-0.3, -0.25) is 0 Å². The van der Waals surface area contributed by atoms with E-state index in [0.29, 0.717) is 6.42 Å². The monoisotopic (exact) mass is 260 g/mol. The van der Waals surface area contributed by atoms with E-state index in [1.165, 1.54) is 12.1 Å². The molecule has 0 fully saturated rings. The lowest BCUT2D eigenvalue weighted by molar-refractivity contribution is -0.137. The van der Waals surface area contributed by atoms with Crippen LogP contribution in [0, 0.1) is 11.3 Å². The Hall–Kier alpha value is -1.03. The molecular weight excluding hydrogens is 241 g/mol. The summed E-state index contributed by atoms with van der Waals surface area (Å²) in [5, 5.41) is 9.42. The predicted molar refractivity (Wildman–Crippen MR) is 65.2 cm³/mol. The second-order valence-corrected chi connectivity index (χ2v) is 5.34.